The summed E-state index contributed by atoms with van der Waals surface area (Å²) >= 11 is 0. The van der Waals surface area contributed by atoms with E-state index in [9.17, 15) is 18.3 Å². The van der Waals surface area contributed by atoms with Gasteiger partial charge in [0, 0.05) is 6.54 Å². The number of hydrogen-bond acceptors (Lipinski definition) is 6. The summed E-state index contributed by atoms with van der Waals surface area (Å²) in [6.45, 7) is 5.84. The lowest BCUT2D eigenvalue weighted by atomic mass is 10.1. The van der Waals surface area contributed by atoms with E-state index in [0.717, 1.165) is 24.2 Å². The minimum absolute atomic E-state index is 0.0179. The molecule has 1 amide bonds. The van der Waals surface area contributed by atoms with Crippen LogP contribution in [-0.2, 0) is 23.1 Å². The second-order valence-corrected chi connectivity index (χ2v) is 10.0. The fourth-order valence-corrected chi connectivity index (χ4v) is 5.35. The molecule has 2 N–H and O–H groups in total. The van der Waals surface area contributed by atoms with Crippen LogP contribution in [0.1, 0.15) is 35.3 Å². The van der Waals surface area contributed by atoms with Crippen molar-refractivity contribution in [2.75, 3.05) is 31.2 Å². The lowest BCUT2D eigenvalue weighted by Gasteiger charge is -2.27. The van der Waals surface area contributed by atoms with E-state index in [1.807, 2.05) is 36.4 Å². The molecule has 0 saturated carbocycles. The van der Waals surface area contributed by atoms with Crippen LogP contribution in [0.3, 0.4) is 0 Å². The molecule has 0 atom stereocenters. The van der Waals surface area contributed by atoms with Gasteiger partial charge in [0.1, 0.15) is 12.5 Å². The predicted molar refractivity (Wildman–Crippen MR) is 140 cm³/mol. The molecule has 9 heteroatoms. The lowest BCUT2D eigenvalue weighted by Crippen LogP contribution is -2.34. The molecule has 0 heterocycles. The second-order valence-electron chi connectivity index (χ2n) is 8.15. The van der Waals surface area contributed by atoms with Crippen molar-refractivity contribution in [3.8, 4) is 5.75 Å². The molecule has 0 aliphatic heterocycles. The Kier molecular flexibility index (Phi) is 9.46. The Labute approximate surface area is 213 Å². The van der Waals surface area contributed by atoms with Gasteiger partial charge in [-0.05, 0) is 60.6 Å². The zero-order valence-electron chi connectivity index (χ0n) is 20.8. The molecule has 36 heavy (non-hydrogen) atoms. The van der Waals surface area contributed by atoms with E-state index in [-0.39, 0.29) is 22.7 Å². The summed E-state index contributed by atoms with van der Waals surface area (Å²) in [7, 11) is -2.56. The summed E-state index contributed by atoms with van der Waals surface area (Å²) in [5.74, 6) is -0.0239. The maximum atomic E-state index is 13.9. The number of ether oxygens (including phenoxy) is 1. The van der Waals surface area contributed by atoms with Gasteiger partial charge >= 0.3 is 0 Å². The summed E-state index contributed by atoms with van der Waals surface area (Å²) in [6.07, 6.45) is 0. The van der Waals surface area contributed by atoms with Crippen molar-refractivity contribution in [3.05, 3.63) is 89.5 Å². The van der Waals surface area contributed by atoms with E-state index in [0.29, 0.717) is 12.3 Å². The van der Waals surface area contributed by atoms with Crippen LogP contribution in [0.2, 0.25) is 0 Å². The Morgan fingerprint density at radius 2 is 1.58 bits per heavy atom. The van der Waals surface area contributed by atoms with E-state index < -0.39 is 22.7 Å². The van der Waals surface area contributed by atoms with Crippen molar-refractivity contribution in [2.24, 2.45) is 0 Å². The van der Waals surface area contributed by atoms with Gasteiger partial charge < -0.3 is 15.2 Å². The van der Waals surface area contributed by atoms with Crippen LogP contribution in [-0.4, -0.2) is 51.3 Å². The summed E-state index contributed by atoms with van der Waals surface area (Å²) in [5, 5.41) is 11.8. The van der Waals surface area contributed by atoms with Gasteiger partial charge in [-0.3, -0.25) is 14.0 Å². The molecule has 0 spiro atoms. The highest BCUT2D eigenvalue weighted by Gasteiger charge is 2.29. The zero-order chi connectivity index (χ0) is 26.1. The quantitative estimate of drug-likeness (QED) is 0.361. The first kappa shape index (κ1) is 27.2. The standard InChI is InChI=1S/C27H33N3O5S/c1-4-29(5-2)18-22-11-16-26(25(17-22)27(32)28-20-31)30(19-21-9-7-6-8-10-21)36(33,34)24-14-12-23(35-3)13-15-24/h6-17,31H,4-5,18-20H2,1-3H3,(H,28,32). The Hall–Kier alpha value is -3.40. The summed E-state index contributed by atoms with van der Waals surface area (Å²) in [5.41, 5.74) is 2.02. The normalized spacial score (nSPS) is 11.4. The van der Waals surface area contributed by atoms with E-state index >= 15 is 0 Å². The average molecular weight is 512 g/mol. The fraction of sp³-hybridized carbons (Fsp3) is 0.296. The smallest absolute Gasteiger partial charge is 0.264 e. The number of nitrogens with zero attached hydrogens (tertiary/aromatic N) is 2. The Balaban J connectivity index is 2.16. The highest BCUT2D eigenvalue weighted by Crippen LogP contribution is 2.31. The van der Waals surface area contributed by atoms with Crippen LogP contribution in [0.15, 0.2) is 77.7 Å². The molecule has 0 aromatic heterocycles. The maximum Gasteiger partial charge on any atom is 0.264 e. The SMILES string of the molecule is CCN(CC)Cc1ccc(N(Cc2ccccc2)S(=O)(=O)c2ccc(OC)cc2)c(C(=O)NCO)c1. The van der Waals surface area contributed by atoms with Crippen molar-refractivity contribution < 1.29 is 23.1 Å². The molecule has 192 valence electrons. The van der Waals surface area contributed by atoms with Gasteiger partial charge in [-0.25, -0.2) is 8.42 Å². The topological polar surface area (TPSA) is 99.2 Å². The largest absolute Gasteiger partial charge is 0.497 e. The van der Waals surface area contributed by atoms with E-state index in [1.54, 1.807) is 24.3 Å². The number of benzene rings is 3. The minimum Gasteiger partial charge on any atom is -0.497 e. The van der Waals surface area contributed by atoms with Gasteiger partial charge in [-0.15, -0.1) is 0 Å². The molecule has 0 bridgehead atoms. The van der Waals surface area contributed by atoms with Crippen molar-refractivity contribution in [3.63, 3.8) is 0 Å². The Bertz CT molecular complexity index is 1240. The molecule has 3 aromatic rings. The number of rotatable bonds is 12. The molecule has 0 fully saturated rings. The molecule has 3 rings (SSSR count). The molecule has 3 aromatic carbocycles. The number of aliphatic hydroxyl groups is 1. The van der Waals surface area contributed by atoms with Gasteiger partial charge in [0.05, 0.1) is 29.8 Å². The van der Waals surface area contributed by atoms with Gasteiger partial charge in [0.15, 0.2) is 0 Å². The fourth-order valence-electron chi connectivity index (χ4n) is 3.88. The van der Waals surface area contributed by atoms with Crippen LogP contribution >= 0.6 is 0 Å². The number of amides is 1. The second kappa shape index (κ2) is 12.5. The number of aliphatic hydroxyl groups excluding tert-OH is 1. The number of hydrogen-bond donors (Lipinski definition) is 2. The van der Waals surface area contributed by atoms with Crippen molar-refractivity contribution in [2.45, 2.75) is 31.8 Å². The third kappa shape index (κ3) is 6.42. The molecule has 8 nitrogen and oxygen atoms in total. The highest BCUT2D eigenvalue weighted by molar-refractivity contribution is 7.92. The first-order valence-electron chi connectivity index (χ1n) is 11.8. The predicted octanol–water partition coefficient (Wildman–Crippen LogP) is 3.61. The van der Waals surface area contributed by atoms with E-state index in [2.05, 4.69) is 24.1 Å². The first-order chi connectivity index (χ1) is 17.3. The lowest BCUT2D eigenvalue weighted by molar-refractivity contribution is 0.0910. The van der Waals surface area contributed by atoms with Gasteiger partial charge in [-0.2, -0.15) is 0 Å². The number of sulfonamides is 1. The average Bonchev–Trinajstić information content (AvgIpc) is 2.91. The maximum absolute atomic E-state index is 13.9. The van der Waals surface area contributed by atoms with Crippen LogP contribution in [0.5, 0.6) is 5.75 Å². The van der Waals surface area contributed by atoms with Gasteiger partial charge in [0.2, 0.25) is 0 Å². The van der Waals surface area contributed by atoms with E-state index in [1.165, 1.54) is 23.5 Å². The first-order valence-corrected chi connectivity index (χ1v) is 13.2. The number of methoxy groups -OCH3 is 1. The molecule has 0 saturated heterocycles. The minimum atomic E-state index is -4.07. The van der Waals surface area contributed by atoms with Gasteiger partial charge in [-0.1, -0.05) is 50.2 Å². The monoisotopic (exact) mass is 511 g/mol. The Morgan fingerprint density at radius 3 is 2.17 bits per heavy atom. The molecule has 0 aliphatic rings. The number of anilines is 1. The van der Waals surface area contributed by atoms with Crippen LogP contribution < -0.4 is 14.4 Å². The summed E-state index contributed by atoms with van der Waals surface area (Å²) in [6, 6.07) is 20.5. The summed E-state index contributed by atoms with van der Waals surface area (Å²) < 4.78 is 34.2. The molecule has 0 radical (unpaired) electrons. The third-order valence-electron chi connectivity index (χ3n) is 5.93. The highest BCUT2D eigenvalue weighted by atomic mass is 32.2. The van der Waals surface area contributed by atoms with Gasteiger partial charge in [0.25, 0.3) is 15.9 Å². The third-order valence-corrected chi connectivity index (χ3v) is 7.70. The van der Waals surface area contributed by atoms with Crippen molar-refractivity contribution >= 4 is 21.6 Å². The Morgan fingerprint density at radius 1 is 0.917 bits per heavy atom. The number of nitrogens with one attached hydrogen (secondary N) is 1. The number of carbonyl (C=O) groups excluding carboxylic acids is 1. The van der Waals surface area contributed by atoms with Crippen LogP contribution in [0, 0.1) is 0 Å². The van der Waals surface area contributed by atoms with Crippen molar-refractivity contribution in [1.29, 1.82) is 0 Å². The van der Waals surface area contributed by atoms with Crippen LogP contribution in [0.4, 0.5) is 5.69 Å². The number of carbonyl (C=O) groups is 1. The van der Waals surface area contributed by atoms with Crippen LogP contribution in [0.25, 0.3) is 0 Å². The van der Waals surface area contributed by atoms with Crippen molar-refractivity contribution in [1.82, 2.24) is 10.2 Å². The zero-order valence-corrected chi connectivity index (χ0v) is 21.7. The molecular weight excluding hydrogens is 478 g/mol. The molecular formula is C27H33N3O5S. The molecule has 0 aliphatic carbocycles. The molecule has 0 unspecified atom stereocenters. The summed E-state index contributed by atoms with van der Waals surface area (Å²) in [4.78, 5) is 15.3. The van der Waals surface area contributed by atoms with E-state index in [4.69, 9.17) is 4.74 Å².